The van der Waals surface area contributed by atoms with Gasteiger partial charge in [0.1, 0.15) is 0 Å². The van der Waals surface area contributed by atoms with Crippen molar-refractivity contribution in [3.63, 3.8) is 0 Å². The average molecular weight is 327 g/mol. The zero-order valence-corrected chi connectivity index (χ0v) is 14.4. The molecule has 0 bridgehead atoms. The predicted molar refractivity (Wildman–Crippen MR) is 93.0 cm³/mol. The molecule has 0 spiro atoms. The number of hydrogen-bond acceptors (Lipinski definition) is 3. The largest absolute Gasteiger partial charge is 0.396 e. The third-order valence-corrected chi connectivity index (χ3v) is 4.67. The van der Waals surface area contributed by atoms with Crippen molar-refractivity contribution in [1.82, 2.24) is 14.7 Å². The molecule has 24 heavy (non-hydrogen) atoms. The summed E-state index contributed by atoms with van der Waals surface area (Å²) in [6, 6.07) is 9.84. The Balaban J connectivity index is 1.75. The lowest BCUT2D eigenvalue weighted by Gasteiger charge is -2.32. The fourth-order valence-corrected chi connectivity index (χ4v) is 3.39. The highest BCUT2D eigenvalue weighted by atomic mass is 16.3. The van der Waals surface area contributed by atoms with Gasteiger partial charge in [-0.1, -0.05) is 12.1 Å². The second-order valence-electron chi connectivity index (χ2n) is 6.73. The normalized spacial score (nSPS) is 18.0. The lowest BCUT2D eigenvalue weighted by Crippen LogP contribution is -2.40. The quantitative estimate of drug-likeness (QED) is 0.938. The molecule has 1 atom stereocenters. The van der Waals surface area contributed by atoms with Gasteiger partial charge in [-0.3, -0.25) is 9.48 Å². The number of carbonyl (C=O) groups is 1. The fourth-order valence-electron chi connectivity index (χ4n) is 3.39. The molecule has 0 aliphatic carbocycles. The molecule has 1 aliphatic rings. The molecule has 1 fully saturated rings. The Kier molecular flexibility index (Phi) is 5.00. The van der Waals surface area contributed by atoms with Crippen LogP contribution >= 0.6 is 0 Å². The van der Waals surface area contributed by atoms with Gasteiger partial charge in [0, 0.05) is 31.0 Å². The highest BCUT2D eigenvalue weighted by molar-refractivity contribution is 5.94. The number of benzene rings is 1. The summed E-state index contributed by atoms with van der Waals surface area (Å²) in [6.07, 6.45) is 1.96. The molecule has 3 rings (SSSR count). The van der Waals surface area contributed by atoms with Crippen LogP contribution in [0.5, 0.6) is 0 Å². The molecule has 128 valence electrons. The van der Waals surface area contributed by atoms with Crippen LogP contribution in [0.3, 0.4) is 0 Å². The number of hydrogen-bond donors (Lipinski definition) is 1. The summed E-state index contributed by atoms with van der Waals surface area (Å²) in [5.41, 5.74) is 3.91. The molecule has 1 unspecified atom stereocenters. The SMILES string of the molecule is Cc1cc(C)n(Cc2cccc(C(=O)N3CCCC(CO)C3)c2)n1. The number of amides is 1. The summed E-state index contributed by atoms with van der Waals surface area (Å²) in [5, 5.41) is 13.8. The van der Waals surface area contributed by atoms with Crippen LogP contribution in [0, 0.1) is 19.8 Å². The van der Waals surface area contributed by atoms with Crippen molar-refractivity contribution in [2.45, 2.75) is 33.2 Å². The number of likely N-dealkylation sites (tertiary alicyclic amines) is 1. The van der Waals surface area contributed by atoms with Crippen molar-refractivity contribution >= 4 is 5.91 Å². The molecule has 1 aliphatic heterocycles. The summed E-state index contributed by atoms with van der Waals surface area (Å²) in [6.45, 7) is 6.27. The Morgan fingerprint density at radius 3 is 2.88 bits per heavy atom. The molecule has 2 aromatic rings. The maximum Gasteiger partial charge on any atom is 0.253 e. The molecule has 1 aromatic heterocycles. The molecule has 0 saturated carbocycles. The number of aliphatic hydroxyl groups is 1. The van der Waals surface area contributed by atoms with Crippen molar-refractivity contribution < 1.29 is 9.90 Å². The summed E-state index contributed by atoms with van der Waals surface area (Å²) < 4.78 is 1.96. The molecule has 0 radical (unpaired) electrons. The molecule has 5 nitrogen and oxygen atoms in total. The van der Waals surface area contributed by atoms with Gasteiger partial charge in [0.25, 0.3) is 5.91 Å². The van der Waals surface area contributed by atoms with E-state index in [9.17, 15) is 9.90 Å². The number of aliphatic hydroxyl groups excluding tert-OH is 1. The monoisotopic (exact) mass is 327 g/mol. The Bertz CT molecular complexity index is 723. The summed E-state index contributed by atoms with van der Waals surface area (Å²) in [5.74, 6) is 0.268. The minimum absolute atomic E-state index is 0.0587. The third-order valence-electron chi connectivity index (χ3n) is 4.67. The zero-order valence-electron chi connectivity index (χ0n) is 14.4. The molecular formula is C19H25N3O2. The Labute approximate surface area is 142 Å². The smallest absolute Gasteiger partial charge is 0.253 e. The van der Waals surface area contributed by atoms with Gasteiger partial charge in [-0.2, -0.15) is 5.10 Å². The van der Waals surface area contributed by atoms with Crippen LogP contribution in [0.1, 0.15) is 40.2 Å². The van der Waals surface area contributed by atoms with Crippen LogP contribution in [0.15, 0.2) is 30.3 Å². The first kappa shape index (κ1) is 16.7. The number of aryl methyl sites for hydroxylation is 2. The number of aromatic nitrogens is 2. The minimum atomic E-state index is 0.0587. The summed E-state index contributed by atoms with van der Waals surface area (Å²) in [7, 11) is 0. The zero-order chi connectivity index (χ0) is 17.1. The van der Waals surface area contributed by atoms with E-state index in [1.165, 1.54) is 0 Å². The molecule has 1 N–H and O–H groups in total. The number of carbonyl (C=O) groups excluding carboxylic acids is 1. The van der Waals surface area contributed by atoms with Gasteiger partial charge < -0.3 is 10.0 Å². The molecule has 1 amide bonds. The van der Waals surface area contributed by atoms with Gasteiger partial charge in [-0.15, -0.1) is 0 Å². The van der Waals surface area contributed by atoms with Crippen molar-refractivity contribution in [3.8, 4) is 0 Å². The fraction of sp³-hybridized carbons (Fsp3) is 0.474. The molecular weight excluding hydrogens is 302 g/mol. The highest BCUT2D eigenvalue weighted by Crippen LogP contribution is 2.19. The Morgan fingerprint density at radius 1 is 1.33 bits per heavy atom. The number of nitrogens with zero attached hydrogens (tertiary/aromatic N) is 3. The van der Waals surface area contributed by atoms with E-state index in [0.29, 0.717) is 18.7 Å². The van der Waals surface area contributed by atoms with Crippen LogP contribution in [0.25, 0.3) is 0 Å². The van der Waals surface area contributed by atoms with E-state index >= 15 is 0 Å². The van der Waals surface area contributed by atoms with E-state index in [1.54, 1.807) is 0 Å². The second-order valence-corrected chi connectivity index (χ2v) is 6.73. The number of rotatable bonds is 4. The van der Waals surface area contributed by atoms with Crippen molar-refractivity contribution in [2.75, 3.05) is 19.7 Å². The van der Waals surface area contributed by atoms with Gasteiger partial charge in [-0.05, 0) is 56.4 Å². The average Bonchev–Trinajstić information content (AvgIpc) is 2.91. The lowest BCUT2D eigenvalue weighted by molar-refractivity contribution is 0.0620. The van der Waals surface area contributed by atoms with E-state index in [0.717, 1.165) is 36.3 Å². The van der Waals surface area contributed by atoms with Crippen LogP contribution in [0.4, 0.5) is 0 Å². The van der Waals surface area contributed by atoms with E-state index < -0.39 is 0 Å². The lowest BCUT2D eigenvalue weighted by atomic mass is 9.98. The van der Waals surface area contributed by atoms with Gasteiger partial charge in [0.05, 0.1) is 12.2 Å². The van der Waals surface area contributed by atoms with Gasteiger partial charge in [-0.25, -0.2) is 0 Å². The van der Waals surface area contributed by atoms with Crippen LogP contribution in [-0.2, 0) is 6.54 Å². The van der Waals surface area contributed by atoms with Gasteiger partial charge in [0.2, 0.25) is 0 Å². The molecule has 2 heterocycles. The Hall–Kier alpha value is -2.14. The van der Waals surface area contributed by atoms with Crippen molar-refractivity contribution in [3.05, 3.63) is 52.8 Å². The molecule has 5 heteroatoms. The summed E-state index contributed by atoms with van der Waals surface area (Å²) >= 11 is 0. The summed E-state index contributed by atoms with van der Waals surface area (Å²) in [4.78, 5) is 14.6. The second kappa shape index (κ2) is 7.18. The first-order chi connectivity index (χ1) is 11.6. The van der Waals surface area contributed by atoms with Gasteiger partial charge >= 0.3 is 0 Å². The van der Waals surface area contributed by atoms with E-state index in [-0.39, 0.29) is 18.4 Å². The van der Waals surface area contributed by atoms with Crippen LogP contribution in [0.2, 0.25) is 0 Å². The first-order valence-electron chi connectivity index (χ1n) is 8.57. The van der Waals surface area contributed by atoms with E-state index in [4.69, 9.17) is 0 Å². The maximum absolute atomic E-state index is 12.8. The molecule has 1 aromatic carbocycles. The number of piperidine rings is 1. The van der Waals surface area contributed by atoms with Crippen LogP contribution < -0.4 is 0 Å². The highest BCUT2D eigenvalue weighted by Gasteiger charge is 2.24. The molecule has 1 saturated heterocycles. The van der Waals surface area contributed by atoms with Crippen molar-refractivity contribution in [2.24, 2.45) is 5.92 Å². The standard InChI is InChI=1S/C19H25N3O2/c1-14-9-15(2)22(20-14)12-16-5-3-7-18(10-16)19(24)21-8-4-6-17(11-21)13-23/h3,5,7,9-10,17,23H,4,6,8,11-13H2,1-2H3. The van der Waals surface area contributed by atoms with Crippen molar-refractivity contribution in [1.29, 1.82) is 0 Å². The first-order valence-corrected chi connectivity index (χ1v) is 8.57. The maximum atomic E-state index is 12.8. The van der Waals surface area contributed by atoms with Crippen LogP contribution in [-0.4, -0.2) is 45.4 Å². The van der Waals surface area contributed by atoms with E-state index in [1.807, 2.05) is 47.7 Å². The third kappa shape index (κ3) is 3.67. The van der Waals surface area contributed by atoms with Gasteiger partial charge in [0.15, 0.2) is 0 Å². The predicted octanol–water partition coefficient (Wildman–Crippen LogP) is 2.39. The van der Waals surface area contributed by atoms with E-state index in [2.05, 4.69) is 11.2 Å². The Morgan fingerprint density at radius 2 is 2.17 bits per heavy atom. The topological polar surface area (TPSA) is 58.4 Å². The minimum Gasteiger partial charge on any atom is -0.396 e.